The van der Waals surface area contributed by atoms with Gasteiger partial charge in [-0.1, -0.05) is 22.0 Å². The molecular weight excluding hydrogens is 268 g/mol. The smallest absolute Gasteiger partial charge is 0.123 e. The number of hydrogen-bond acceptors (Lipinski definition) is 3. The molecule has 1 unspecified atom stereocenters. The lowest BCUT2D eigenvalue weighted by atomic mass is 10.0. The molecule has 1 aromatic heterocycles. The average molecular weight is 279 g/mol. The van der Waals surface area contributed by atoms with Gasteiger partial charge in [-0.2, -0.15) is 0 Å². The van der Waals surface area contributed by atoms with Gasteiger partial charge >= 0.3 is 0 Å². The van der Waals surface area contributed by atoms with Crippen molar-refractivity contribution < 1.29 is 5.11 Å². The minimum absolute atomic E-state index is 0.563. The van der Waals surface area contributed by atoms with Crippen molar-refractivity contribution in [3.8, 4) is 0 Å². The van der Waals surface area contributed by atoms with Crippen LogP contribution >= 0.6 is 15.9 Å². The summed E-state index contributed by atoms with van der Waals surface area (Å²) >= 11 is 3.39. The van der Waals surface area contributed by atoms with Crippen molar-refractivity contribution in [3.05, 3.63) is 58.1 Å². The number of aliphatic hydroxyl groups is 1. The van der Waals surface area contributed by atoms with Crippen LogP contribution in [0.5, 0.6) is 0 Å². The predicted molar refractivity (Wildman–Crippen MR) is 65.0 cm³/mol. The molecule has 0 fully saturated rings. The minimum atomic E-state index is -0.721. The van der Waals surface area contributed by atoms with Crippen molar-refractivity contribution in [3.63, 3.8) is 0 Å². The molecule has 2 aromatic rings. The quantitative estimate of drug-likeness (QED) is 0.919. The maximum Gasteiger partial charge on any atom is 0.123 e. The fourth-order valence-corrected chi connectivity index (χ4v) is 2.03. The molecule has 0 saturated carbocycles. The number of aliphatic hydroxyl groups excluding tert-OH is 1. The Labute approximate surface area is 102 Å². The lowest BCUT2D eigenvalue weighted by Crippen LogP contribution is -2.04. The molecule has 0 spiro atoms. The van der Waals surface area contributed by atoms with Gasteiger partial charge in [0, 0.05) is 16.9 Å². The van der Waals surface area contributed by atoms with Gasteiger partial charge in [-0.25, -0.2) is 0 Å². The molecule has 0 aliphatic heterocycles. The standard InChI is InChI=1S/C12H11BrN2O/c1-8-6-9(13)2-3-10(8)12(16)11-7-14-4-5-15-11/h2-7,12,16H,1H3. The third kappa shape index (κ3) is 2.28. The molecule has 82 valence electrons. The SMILES string of the molecule is Cc1cc(Br)ccc1C(O)c1cnccn1. The number of nitrogens with zero attached hydrogens (tertiary/aromatic N) is 2. The zero-order valence-corrected chi connectivity index (χ0v) is 10.3. The van der Waals surface area contributed by atoms with Crippen molar-refractivity contribution in [2.75, 3.05) is 0 Å². The third-order valence-corrected chi connectivity index (χ3v) is 2.88. The summed E-state index contributed by atoms with van der Waals surface area (Å²) in [6, 6.07) is 5.76. The van der Waals surface area contributed by atoms with Gasteiger partial charge in [0.05, 0.1) is 11.9 Å². The molecule has 0 aliphatic carbocycles. The van der Waals surface area contributed by atoms with Gasteiger partial charge in [0.1, 0.15) is 6.10 Å². The second-order valence-corrected chi connectivity index (χ2v) is 4.45. The molecule has 0 saturated heterocycles. The highest BCUT2D eigenvalue weighted by Gasteiger charge is 2.14. The molecule has 16 heavy (non-hydrogen) atoms. The topological polar surface area (TPSA) is 46.0 Å². The van der Waals surface area contributed by atoms with Gasteiger partial charge in [-0.05, 0) is 30.2 Å². The first-order chi connectivity index (χ1) is 7.68. The zero-order chi connectivity index (χ0) is 11.5. The Hall–Kier alpha value is -1.26. The minimum Gasteiger partial charge on any atom is -0.382 e. The number of rotatable bonds is 2. The number of halogens is 1. The molecule has 1 heterocycles. The molecule has 4 heteroatoms. The molecular formula is C12H11BrN2O. The van der Waals surface area contributed by atoms with Crippen LogP contribution in [0.1, 0.15) is 22.9 Å². The largest absolute Gasteiger partial charge is 0.382 e. The van der Waals surface area contributed by atoms with Gasteiger partial charge in [0.2, 0.25) is 0 Å². The second kappa shape index (κ2) is 4.72. The van der Waals surface area contributed by atoms with Crippen molar-refractivity contribution in [2.45, 2.75) is 13.0 Å². The first-order valence-corrected chi connectivity index (χ1v) is 5.68. The number of aryl methyl sites for hydroxylation is 1. The molecule has 3 nitrogen and oxygen atoms in total. The highest BCUT2D eigenvalue weighted by atomic mass is 79.9. The Kier molecular flexibility index (Phi) is 3.31. The molecule has 0 bridgehead atoms. The van der Waals surface area contributed by atoms with Gasteiger partial charge in [0.15, 0.2) is 0 Å². The van der Waals surface area contributed by atoms with Crippen LogP contribution in [0.4, 0.5) is 0 Å². The summed E-state index contributed by atoms with van der Waals surface area (Å²) in [5, 5.41) is 10.1. The maximum atomic E-state index is 10.1. The van der Waals surface area contributed by atoms with Gasteiger partial charge in [-0.15, -0.1) is 0 Å². The molecule has 0 radical (unpaired) electrons. The van der Waals surface area contributed by atoms with E-state index in [0.29, 0.717) is 5.69 Å². The fourth-order valence-electron chi connectivity index (χ4n) is 1.56. The van der Waals surface area contributed by atoms with Crippen LogP contribution in [0, 0.1) is 6.92 Å². The van der Waals surface area contributed by atoms with Crippen molar-refractivity contribution >= 4 is 15.9 Å². The zero-order valence-electron chi connectivity index (χ0n) is 8.76. The average Bonchev–Trinajstić information content (AvgIpc) is 2.29. The lowest BCUT2D eigenvalue weighted by Gasteiger charge is -2.12. The molecule has 0 aliphatic rings. The molecule has 2 rings (SSSR count). The van der Waals surface area contributed by atoms with E-state index in [1.54, 1.807) is 18.6 Å². The Morgan fingerprint density at radius 1 is 1.31 bits per heavy atom. The second-order valence-electron chi connectivity index (χ2n) is 3.53. The molecule has 1 aromatic carbocycles. The summed E-state index contributed by atoms with van der Waals surface area (Å²) in [5.74, 6) is 0. The summed E-state index contributed by atoms with van der Waals surface area (Å²) in [6.45, 7) is 1.96. The van der Waals surface area contributed by atoms with Crippen LogP contribution in [-0.4, -0.2) is 15.1 Å². The van der Waals surface area contributed by atoms with E-state index in [1.165, 1.54) is 0 Å². The summed E-state index contributed by atoms with van der Waals surface area (Å²) in [5.41, 5.74) is 2.43. The van der Waals surface area contributed by atoms with Crippen LogP contribution in [0.15, 0.2) is 41.3 Å². The van der Waals surface area contributed by atoms with E-state index in [1.807, 2.05) is 25.1 Å². The first kappa shape index (κ1) is 11.2. The highest BCUT2D eigenvalue weighted by Crippen LogP contribution is 2.25. The van der Waals surface area contributed by atoms with E-state index < -0.39 is 6.10 Å². The normalized spacial score (nSPS) is 12.4. The van der Waals surface area contributed by atoms with Crippen molar-refractivity contribution in [1.82, 2.24) is 9.97 Å². The molecule has 1 N–H and O–H groups in total. The Bertz CT molecular complexity index is 488. The first-order valence-electron chi connectivity index (χ1n) is 4.88. The highest BCUT2D eigenvalue weighted by molar-refractivity contribution is 9.10. The monoisotopic (exact) mass is 278 g/mol. The van der Waals surface area contributed by atoms with E-state index in [2.05, 4.69) is 25.9 Å². The van der Waals surface area contributed by atoms with Gasteiger partial charge in [-0.3, -0.25) is 9.97 Å². The van der Waals surface area contributed by atoms with Gasteiger partial charge < -0.3 is 5.11 Å². The fraction of sp³-hybridized carbons (Fsp3) is 0.167. The van der Waals surface area contributed by atoms with E-state index in [-0.39, 0.29) is 0 Å². The number of aromatic nitrogens is 2. The van der Waals surface area contributed by atoms with Crippen LogP contribution in [0.25, 0.3) is 0 Å². The van der Waals surface area contributed by atoms with Crippen LogP contribution in [0.3, 0.4) is 0 Å². The van der Waals surface area contributed by atoms with Gasteiger partial charge in [0.25, 0.3) is 0 Å². The summed E-state index contributed by atoms with van der Waals surface area (Å²) < 4.78 is 1.00. The molecule has 1 atom stereocenters. The Morgan fingerprint density at radius 3 is 2.75 bits per heavy atom. The lowest BCUT2D eigenvalue weighted by molar-refractivity contribution is 0.214. The van der Waals surface area contributed by atoms with Crippen molar-refractivity contribution in [2.24, 2.45) is 0 Å². The summed E-state index contributed by atoms with van der Waals surface area (Å²) in [7, 11) is 0. The van der Waals surface area contributed by atoms with Crippen LogP contribution in [0.2, 0.25) is 0 Å². The van der Waals surface area contributed by atoms with E-state index >= 15 is 0 Å². The maximum absolute atomic E-state index is 10.1. The Balaban J connectivity index is 2.38. The summed E-state index contributed by atoms with van der Waals surface area (Å²) in [4.78, 5) is 8.04. The molecule has 0 amide bonds. The van der Waals surface area contributed by atoms with Crippen LogP contribution in [-0.2, 0) is 0 Å². The number of benzene rings is 1. The Morgan fingerprint density at radius 2 is 2.12 bits per heavy atom. The van der Waals surface area contributed by atoms with E-state index in [9.17, 15) is 5.11 Å². The predicted octanol–water partition coefficient (Wildman–Crippen LogP) is 2.63. The number of hydrogen-bond donors (Lipinski definition) is 1. The van der Waals surface area contributed by atoms with E-state index in [4.69, 9.17) is 0 Å². The summed E-state index contributed by atoms with van der Waals surface area (Å²) in [6.07, 6.45) is 4.02. The van der Waals surface area contributed by atoms with E-state index in [0.717, 1.165) is 15.6 Å². The van der Waals surface area contributed by atoms with Crippen molar-refractivity contribution in [1.29, 1.82) is 0 Å². The third-order valence-electron chi connectivity index (χ3n) is 2.39. The van der Waals surface area contributed by atoms with Crippen LogP contribution < -0.4 is 0 Å².